The van der Waals surface area contributed by atoms with Crippen LogP contribution in [0, 0.1) is 5.92 Å². The number of carbonyl (C=O) groups is 1. The first-order chi connectivity index (χ1) is 12.4. The summed E-state index contributed by atoms with van der Waals surface area (Å²) in [7, 11) is 0. The number of benzene rings is 2. The van der Waals surface area contributed by atoms with Crippen molar-refractivity contribution < 1.29 is 41.4 Å². The standard InChI is InChI=1S/C18H12F6O3/c19-17(20,21)9-3-1-8(2-4-9)14(25)13-15(26)11-6-5-10(18(22,23)24)7-12(11)16(13)27/h1-7,13-14,16,25,27H. The van der Waals surface area contributed by atoms with Crippen molar-refractivity contribution >= 4 is 5.78 Å². The zero-order valence-corrected chi connectivity index (χ0v) is 13.3. The molecule has 27 heavy (non-hydrogen) atoms. The minimum absolute atomic E-state index is 0.0655. The molecule has 0 aliphatic heterocycles. The van der Waals surface area contributed by atoms with Crippen LogP contribution in [-0.4, -0.2) is 16.0 Å². The normalized spacial score (nSPS) is 21.3. The first-order valence-corrected chi connectivity index (χ1v) is 7.70. The van der Waals surface area contributed by atoms with Crippen LogP contribution >= 0.6 is 0 Å². The number of alkyl halides is 6. The van der Waals surface area contributed by atoms with E-state index in [9.17, 15) is 41.4 Å². The van der Waals surface area contributed by atoms with E-state index in [0.717, 1.165) is 18.2 Å². The summed E-state index contributed by atoms with van der Waals surface area (Å²) in [6, 6.07) is 5.57. The molecule has 0 amide bonds. The molecular formula is C18H12F6O3. The molecule has 2 aromatic carbocycles. The maximum Gasteiger partial charge on any atom is 0.416 e. The van der Waals surface area contributed by atoms with Gasteiger partial charge >= 0.3 is 12.4 Å². The van der Waals surface area contributed by atoms with Gasteiger partial charge in [-0.05, 0) is 35.4 Å². The van der Waals surface area contributed by atoms with Gasteiger partial charge < -0.3 is 10.2 Å². The fraction of sp³-hybridized carbons (Fsp3) is 0.278. The molecule has 3 nitrogen and oxygen atoms in total. The van der Waals surface area contributed by atoms with Crippen LogP contribution in [0.15, 0.2) is 42.5 Å². The van der Waals surface area contributed by atoms with Crippen molar-refractivity contribution in [3.8, 4) is 0 Å². The van der Waals surface area contributed by atoms with Crippen molar-refractivity contribution in [1.82, 2.24) is 0 Å². The van der Waals surface area contributed by atoms with Gasteiger partial charge in [0.25, 0.3) is 0 Å². The maximum atomic E-state index is 12.8. The van der Waals surface area contributed by atoms with E-state index in [1.165, 1.54) is 0 Å². The van der Waals surface area contributed by atoms with Crippen molar-refractivity contribution in [3.05, 3.63) is 70.3 Å². The highest BCUT2D eigenvalue weighted by Crippen LogP contribution is 2.44. The molecule has 3 rings (SSSR count). The Labute approximate surface area is 148 Å². The number of aliphatic hydroxyl groups is 2. The maximum absolute atomic E-state index is 12.8. The molecule has 3 atom stereocenters. The SMILES string of the molecule is O=C1c2ccc(C(F)(F)F)cc2C(O)C1C(O)c1ccc(C(F)(F)F)cc1. The summed E-state index contributed by atoms with van der Waals surface area (Å²) < 4.78 is 76.3. The minimum atomic E-state index is -4.68. The summed E-state index contributed by atoms with van der Waals surface area (Å²) >= 11 is 0. The van der Waals surface area contributed by atoms with Gasteiger partial charge in [-0.1, -0.05) is 18.2 Å². The lowest BCUT2D eigenvalue weighted by atomic mass is 9.90. The molecule has 0 spiro atoms. The fourth-order valence-electron chi connectivity index (χ4n) is 3.12. The monoisotopic (exact) mass is 390 g/mol. The van der Waals surface area contributed by atoms with Gasteiger partial charge in [0.2, 0.25) is 0 Å². The molecule has 0 bridgehead atoms. The average Bonchev–Trinajstić information content (AvgIpc) is 2.83. The quantitative estimate of drug-likeness (QED) is 0.752. The number of hydrogen-bond donors (Lipinski definition) is 2. The number of rotatable bonds is 2. The van der Waals surface area contributed by atoms with Crippen molar-refractivity contribution in [2.24, 2.45) is 5.92 Å². The number of fused-ring (bicyclic) bond motifs is 1. The lowest BCUT2D eigenvalue weighted by Crippen LogP contribution is -2.22. The molecule has 2 N–H and O–H groups in total. The van der Waals surface area contributed by atoms with Gasteiger partial charge in [0.05, 0.1) is 29.3 Å². The zero-order valence-electron chi connectivity index (χ0n) is 13.3. The molecule has 1 aliphatic rings. The van der Waals surface area contributed by atoms with Crippen molar-refractivity contribution in [2.45, 2.75) is 24.6 Å². The largest absolute Gasteiger partial charge is 0.416 e. The smallest absolute Gasteiger partial charge is 0.388 e. The van der Waals surface area contributed by atoms with Crippen molar-refractivity contribution in [3.63, 3.8) is 0 Å². The Morgan fingerprint density at radius 3 is 1.89 bits per heavy atom. The molecule has 0 saturated heterocycles. The van der Waals surface area contributed by atoms with E-state index in [1.807, 2.05) is 0 Å². The van der Waals surface area contributed by atoms with Crippen LogP contribution in [0.1, 0.15) is 44.8 Å². The summed E-state index contributed by atoms with van der Waals surface area (Å²) in [4.78, 5) is 12.4. The molecular weight excluding hydrogens is 378 g/mol. The Morgan fingerprint density at radius 2 is 1.37 bits per heavy atom. The molecule has 0 radical (unpaired) electrons. The van der Waals surface area contributed by atoms with Crippen molar-refractivity contribution in [1.29, 1.82) is 0 Å². The Morgan fingerprint density at radius 1 is 0.852 bits per heavy atom. The van der Waals surface area contributed by atoms with Gasteiger partial charge in [-0.2, -0.15) is 26.3 Å². The molecule has 9 heteroatoms. The van der Waals surface area contributed by atoms with Gasteiger partial charge in [-0.15, -0.1) is 0 Å². The third-order valence-electron chi connectivity index (χ3n) is 4.53. The third kappa shape index (κ3) is 3.44. The van der Waals surface area contributed by atoms with E-state index in [2.05, 4.69) is 0 Å². The topological polar surface area (TPSA) is 57.5 Å². The van der Waals surface area contributed by atoms with Crippen LogP contribution < -0.4 is 0 Å². The molecule has 144 valence electrons. The van der Waals surface area contributed by atoms with Gasteiger partial charge in [-0.3, -0.25) is 4.79 Å². The Bertz CT molecular complexity index is 870. The van der Waals surface area contributed by atoms with Gasteiger partial charge in [-0.25, -0.2) is 0 Å². The zero-order chi connectivity index (χ0) is 20.1. The summed E-state index contributed by atoms with van der Waals surface area (Å²) in [6.07, 6.45) is -12.7. The second kappa shape index (κ2) is 6.35. The second-order valence-electron chi connectivity index (χ2n) is 6.20. The lowest BCUT2D eigenvalue weighted by molar-refractivity contribution is -0.138. The number of halogens is 6. The number of carbonyl (C=O) groups excluding carboxylic acids is 1. The van der Waals surface area contributed by atoms with Crippen LogP contribution in [0.25, 0.3) is 0 Å². The average molecular weight is 390 g/mol. The highest BCUT2D eigenvalue weighted by atomic mass is 19.4. The summed E-state index contributed by atoms with van der Waals surface area (Å²) in [5.74, 6) is -2.29. The van der Waals surface area contributed by atoms with Gasteiger partial charge in [0.15, 0.2) is 5.78 Å². The molecule has 2 aromatic rings. The van der Waals surface area contributed by atoms with E-state index >= 15 is 0 Å². The Kier molecular flexibility index (Phi) is 4.55. The first-order valence-electron chi connectivity index (χ1n) is 7.70. The third-order valence-corrected chi connectivity index (χ3v) is 4.53. The number of Topliss-reactive ketones (excluding diaryl/α,β-unsaturated/α-hetero) is 1. The number of aliphatic hydroxyl groups excluding tert-OH is 2. The van der Waals surface area contributed by atoms with E-state index < -0.39 is 47.4 Å². The molecule has 0 aromatic heterocycles. The fourth-order valence-corrected chi connectivity index (χ4v) is 3.12. The van der Waals surface area contributed by atoms with Gasteiger partial charge in [0, 0.05) is 5.56 Å². The summed E-state index contributed by atoms with van der Waals surface area (Å²) in [5.41, 5.74) is -2.52. The van der Waals surface area contributed by atoms with Crippen molar-refractivity contribution in [2.75, 3.05) is 0 Å². The highest BCUT2D eigenvalue weighted by molar-refractivity contribution is 6.03. The Hall–Kier alpha value is -2.39. The van der Waals surface area contributed by atoms with Crippen LogP contribution in [0.2, 0.25) is 0 Å². The van der Waals surface area contributed by atoms with Crippen LogP contribution in [0.5, 0.6) is 0 Å². The molecule has 0 saturated carbocycles. The van der Waals surface area contributed by atoms with E-state index in [4.69, 9.17) is 0 Å². The second-order valence-corrected chi connectivity index (χ2v) is 6.20. The summed E-state index contributed by atoms with van der Waals surface area (Å²) in [5, 5.41) is 20.7. The molecule has 0 heterocycles. The van der Waals surface area contributed by atoms with E-state index in [0.29, 0.717) is 24.3 Å². The number of ketones is 1. The van der Waals surface area contributed by atoms with E-state index in [-0.39, 0.29) is 16.7 Å². The predicted octanol–water partition coefficient (Wildman–Crippen LogP) is 4.30. The molecule has 3 unspecified atom stereocenters. The summed E-state index contributed by atoms with van der Waals surface area (Å²) in [6.45, 7) is 0. The highest BCUT2D eigenvalue weighted by Gasteiger charge is 2.45. The molecule has 1 aliphatic carbocycles. The minimum Gasteiger partial charge on any atom is -0.388 e. The van der Waals surface area contributed by atoms with Crippen LogP contribution in [-0.2, 0) is 12.4 Å². The lowest BCUT2D eigenvalue weighted by Gasteiger charge is -2.21. The molecule has 0 fully saturated rings. The van der Waals surface area contributed by atoms with Gasteiger partial charge in [0.1, 0.15) is 0 Å². The number of hydrogen-bond acceptors (Lipinski definition) is 3. The van der Waals surface area contributed by atoms with E-state index in [1.54, 1.807) is 0 Å². The first kappa shape index (κ1) is 19.4. The van der Waals surface area contributed by atoms with Crippen LogP contribution in [0.3, 0.4) is 0 Å². The Balaban J connectivity index is 1.92. The predicted molar refractivity (Wildman–Crippen MR) is 80.6 cm³/mol. The van der Waals surface area contributed by atoms with Crippen LogP contribution in [0.4, 0.5) is 26.3 Å².